The molecule has 0 fully saturated rings. The van der Waals surface area contributed by atoms with Crippen LogP contribution in [0, 0.1) is 40.2 Å². The van der Waals surface area contributed by atoms with Crippen molar-refractivity contribution in [1.29, 1.82) is 0 Å². The second kappa shape index (κ2) is 35.5. The van der Waals surface area contributed by atoms with Crippen molar-refractivity contribution in [3.05, 3.63) is 366 Å². The summed E-state index contributed by atoms with van der Waals surface area (Å²) in [6, 6.07) is 117. The Morgan fingerprint density at radius 1 is 0.311 bits per heavy atom. The van der Waals surface area contributed by atoms with Gasteiger partial charge in [-0.05, 0) is 92.1 Å². The van der Waals surface area contributed by atoms with Gasteiger partial charge in [-0.15, -0.1) is 58.3 Å². The van der Waals surface area contributed by atoms with Crippen LogP contribution in [0.5, 0.6) is 34.5 Å². The fraction of sp³-hybridized carbons (Fsp3) is 0.161. The molecule has 132 heavy (non-hydrogen) atoms. The number of benzene rings is 11. The summed E-state index contributed by atoms with van der Waals surface area (Å²) >= 11 is 2.39. The minimum atomic E-state index is -2.40. The van der Waals surface area contributed by atoms with E-state index in [2.05, 4.69) is 284 Å². The Morgan fingerprint density at radius 3 is 1.22 bits per heavy atom. The van der Waals surface area contributed by atoms with E-state index in [1.165, 1.54) is 14.7 Å². The predicted molar refractivity (Wildman–Crippen MR) is 516 cm³/mol. The third-order valence-corrected chi connectivity index (χ3v) is 24.3. The number of imidazole rings is 1. The molecule has 11 aromatic carbocycles. The van der Waals surface area contributed by atoms with Crippen LogP contribution >= 0.6 is 0 Å². The molecule has 0 spiro atoms. The number of ether oxygens (including phenoxy) is 3. The molecule has 2 aliphatic rings. The van der Waals surface area contributed by atoms with Crippen molar-refractivity contribution in [2.75, 3.05) is 14.0 Å². The second-order valence-electron chi connectivity index (χ2n) is 36.2. The van der Waals surface area contributed by atoms with Gasteiger partial charge in [-0.2, -0.15) is 12.1 Å². The molecule has 0 amide bonds. The molecule has 9 aromatic heterocycles. The topological polar surface area (TPSA) is 129 Å². The van der Waals surface area contributed by atoms with Crippen LogP contribution in [0.1, 0.15) is 114 Å². The van der Waals surface area contributed by atoms with Crippen molar-refractivity contribution in [2.24, 2.45) is 0 Å². The number of nitrogens with zero attached hydrogens (tertiary/aromatic N) is 14. The number of rotatable bonds is 13. The summed E-state index contributed by atoms with van der Waals surface area (Å²) in [4.78, 5) is 23.5. The van der Waals surface area contributed by atoms with Gasteiger partial charge in [0.1, 0.15) is 36.9 Å². The van der Waals surface area contributed by atoms with Crippen LogP contribution < -0.4 is 23.4 Å². The van der Waals surface area contributed by atoms with Crippen molar-refractivity contribution < 1.29 is 93.1 Å². The fourth-order valence-corrected chi connectivity index (χ4v) is 17.7. The van der Waals surface area contributed by atoms with E-state index >= 15 is 0 Å². The van der Waals surface area contributed by atoms with Crippen molar-refractivity contribution in [3.8, 4) is 63.3 Å². The molecule has 11 heterocycles. The number of para-hydroxylation sites is 8. The van der Waals surface area contributed by atoms with Gasteiger partial charge in [-0.25, -0.2) is 15.0 Å². The number of aromatic nitrogens is 10. The van der Waals surface area contributed by atoms with E-state index in [0.29, 0.717) is 68.6 Å². The quantitative estimate of drug-likeness (QED) is 0.0824. The summed E-state index contributed by atoms with van der Waals surface area (Å²) in [5.41, 5.74) is 16.9. The summed E-state index contributed by atoms with van der Waals surface area (Å²) in [5.74, 6) is 5.53. The van der Waals surface area contributed by atoms with Crippen LogP contribution in [0.4, 0.5) is 34.1 Å². The van der Waals surface area contributed by atoms with Gasteiger partial charge in [0.2, 0.25) is 0 Å². The van der Waals surface area contributed by atoms with Crippen molar-refractivity contribution in [1.82, 2.24) is 56.9 Å². The van der Waals surface area contributed by atoms with Crippen LogP contribution in [-0.2, 0) is 83.1 Å². The molecule has 0 N–H and O–H groups in total. The van der Waals surface area contributed by atoms with Gasteiger partial charge < -0.3 is 18.6 Å². The molecule has 22 rings (SSSR count). The Hall–Kier alpha value is -13.7. The molecular formula is C112H92N14O3Pt3+2. The first kappa shape index (κ1) is 81.5. The molecule has 20 heteroatoms. The first-order valence-electron chi connectivity index (χ1n) is 45.9. The second-order valence-corrected chi connectivity index (χ2v) is 37.2. The zero-order chi connectivity index (χ0) is 94.6. The summed E-state index contributed by atoms with van der Waals surface area (Å²) in [5, 5.41) is 6.21. The molecule has 0 saturated carbocycles. The molecule has 0 saturated heterocycles. The van der Waals surface area contributed by atoms with Crippen molar-refractivity contribution in [2.45, 2.75) is 105 Å². The van der Waals surface area contributed by atoms with Gasteiger partial charge in [0, 0.05) is 83.8 Å². The Balaban J connectivity index is 0.000000137. The minimum absolute atomic E-state index is 0. The van der Waals surface area contributed by atoms with E-state index in [4.69, 9.17) is 37.4 Å². The van der Waals surface area contributed by atoms with E-state index < -0.39 is 14.0 Å². The van der Waals surface area contributed by atoms with Crippen LogP contribution in [-0.4, -0.2) is 82.9 Å². The fourth-order valence-electron chi connectivity index (χ4n) is 16.6. The molecule has 0 radical (unpaired) electrons. The van der Waals surface area contributed by atoms with E-state index in [0.717, 1.165) is 126 Å². The van der Waals surface area contributed by atoms with Gasteiger partial charge >= 0.3 is 277 Å². The van der Waals surface area contributed by atoms with E-state index in [1.54, 1.807) is 39.9 Å². The van der Waals surface area contributed by atoms with E-state index in [9.17, 15) is 0 Å². The van der Waals surface area contributed by atoms with Gasteiger partial charge in [0.25, 0.3) is 22.7 Å². The number of fused-ring (bicyclic) bond motifs is 12. The molecule has 0 bridgehead atoms. The summed E-state index contributed by atoms with van der Waals surface area (Å²) in [6.07, 6.45) is 9.07. The van der Waals surface area contributed by atoms with Crippen molar-refractivity contribution in [3.63, 3.8) is 0 Å². The summed E-state index contributed by atoms with van der Waals surface area (Å²) in [6.45, 7) is 21.1. The first-order chi connectivity index (χ1) is 65.1. The van der Waals surface area contributed by atoms with Gasteiger partial charge in [0.05, 0.1) is 0 Å². The van der Waals surface area contributed by atoms with Crippen LogP contribution in [0.2, 0.25) is 0 Å². The van der Waals surface area contributed by atoms with Crippen LogP contribution in [0.25, 0.3) is 106 Å². The van der Waals surface area contributed by atoms with E-state index in [-0.39, 0.29) is 63.8 Å². The predicted octanol–water partition coefficient (Wildman–Crippen LogP) is 26.1. The van der Waals surface area contributed by atoms with E-state index in [1.807, 2.05) is 173 Å². The van der Waals surface area contributed by atoms with Gasteiger partial charge in [0.15, 0.2) is 14.0 Å². The Bertz CT molecular complexity index is 8100. The molecule has 2 aliphatic heterocycles. The van der Waals surface area contributed by atoms with Crippen LogP contribution in [0.15, 0.2) is 304 Å². The molecule has 17 nitrogen and oxygen atoms in total. The summed E-state index contributed by atoms with van der Waals surface area (Å²) < 4.78 is 85.6. The molecule has 0 unspecified atom stereocenters. The Kier molecular flexibility index (Phi) is 21.9. The normalized spacial score (nSPS) is 13.3. The molecule has 20 aromatic rings. The first-order valence-corrected chi connectivity index (χ1v) is 44.1. The third kappa shape index (κ3) is 17.0. The number of hydrogen-bond donors (Lipinski definition) is 0. The van der Waals surface area contributed by atoms with Crippen LogP contribution in [0.3, 0.4) is 0 Å². The molecule has 656 valence electrons. The monoisotopic (exact) mass is 2270 g/mol. The Labute approximate surface area is 815 Å². The molecule has 0 aliphatic carbocycles. The average molecular weight is 2270 g/mol. The third-order valence-electron chi connectivity index (χ3n) is 23.3. The molecule has 0 atom stereocenters. The standard InChI is InChI=1S/C39H36N4O.C38H35N5O.C35H21N5O.3Pt/c1-38(2,3)26-18-19-40-37(22-26)43-33-13-9-8-12-31(33)32-17-16-29(24-36(32)43)44-30-21-27(39(4,5)6)20-28(23-30)42-25-41(7)34-14-10-11-15-35(34)42;1-37(2,3)25-16-18-39-35(21-25)43-34-23-28(14-15-30(34)31-11-10-17-40-36(31)43)44-29-20-26(38(4,5)6)19-27(22-29)42-24-41(7)32-12-8-9-13-33(32)42;1-2-10-25(11-3-1)38-24-39(32-16-5-4-15-31(32)38)26-12-8-13-27(22-26)41-28-18-19-29-30-14-9-21-37-35(30)40(33(29)23-28)34-17-6-7-20-36-34;;;/h8-22H,1-7H3;8-21H,1-7H3;1-21H;;;/q;;-2;;2*+2/i2*7D3;;;;. The van der Waals surface area contributed by atoms with Gasteiger partial charge in [-0.1, -0.05) is 191 Å². The number of hydrogen-bond acceptors (Lipinski definition) is 8. The number of pyridine rings is 5. The van der Waals surface area contributed by atoms with Gasteiger partial charge in [-0.3, -0.25) is 0 Å². The average Bonchev–Trinajstić information content (AvgIpc) is 1.59. The molecular weight excluding hydrogens is 2170 g/mol. The maximum atomic E-state index is 8.10. The zero-order valence-corrected chi connectivity index (χ0v) is 81.1. The van der Waals surface area contributed by atoms with Crippen molar-refractivity contribution >= 4 is 123 Å². The Morgan fingerprint density at radius 2 is 0.720 bits per heavy atom. The zero-order valence-electron chi connectivity index (χ0n) is 80.3. The maximum absolute atomic E-state index is 8.10. The SMILES string of the molecule is [2H]C([2H])([2H])[N+]1=C=[N+](c2[c-]c(Oc3[c-]c4c(cc3)c3ccccc3n4-c3cc(C(C)(C)C)ccn3)cc(C(C)(C)C)c2)c2ccccc21.[2H]C([2H])([2H])[N+]1=C=[N+](c2[c-]c(Oc3[c-]c4c(cc3)c3cccnc3n4-c3cc(C(C)(C)C)ccn3)cc(C(C)(C)C)c2)c2ccccc21.[Pt+2].[Pt+2].[Pt]=[c]1n(-c2[c-]c(Oc3[c-]c4c(cc3)c3cccnc3n4-c3ccccn3)ccc2)c2ccccc2n1-c1ccccc1. The summed E-state index contributed by atoms with van der Waals surface area (Å²) in [7, 11) is 0.